The minimum Gasteiger partial charge on any atom is -0.487 e. The highest BCUT2D eigenvalue weighted by Crippen LogP contribution is 2.29. The Hall–Kier alpha value is -0.890. The van der Waals surface area contributed by atoms with Crippen molar-refractivity contribution >= 4 is 37.4 Å². The van der Waals surface area contributed by atoms with Crippen LogP contribution in [0.25, 0.3) is 0 Å². The number of ether oxygens (including phenoxy) is 1. The van der Waals surface area contributed by atoms with E-state index < -0.39 is 10.1 Å². The lowest BCUT2D eigenvalue weighted by Gasteiger charge is -2.06. The summed E-state index contributed by atoms with van der Waals surface area (Å²) in [5.41, 5.74) is 1.81. The Morgan fingerprint density at radius 3 is 2.20 bits per heavy atom. The minimum absolute atomic E-state index is 0.0516. The minimum atomic E-state index is -3.41. The van der Waals surface area contributed by atoms with Crippen LogP contribution in [0.2, 0.25) is 0 Å². The molecule has 2 aromatic rings. The third kappa shape index (κ3) is 4.90. The maximum Gasteiger partial charge on any atom is 0.264 e. The summed E-state index contributed by atoms with van der Waals surface area (Å²) in [7, 11) is -3.41. The van der Waals surface area contributed by atoms with Gasteiger partial charge in [-0.15, -0.1) is 11.3 Å². The van der Waals surface area contributed by atoms with E-state index in [-0.39, 0.29) is 6.61 Å². The topological polar surface area (TPSA) is 52.6 Å². The van der Waals surface area contributed by atoms with Crippen LogP contribution in [0.1, 0.15) is 11.1 Å². The lowest BCUT2D eigenvalue weighted by molar-refractivity contribution is 0.304. The highest BCUT2D eigenvalue weighted by Gasteiger charge is 2.04. The van der Waals surface area contributed by atoms with E-state index in [2.05, 4.69) is 15.9 Å². The van der Waals surface area contributed by atoms with Crippen LogP contribution >= 0.6 is 27.3 Å². The van der Waals surface area contributed by atoms with Crippen LogP contribution in [0.4, 0.5) is 0 Å². The molecule has 0 atom stereocenters. The largest absolute Gasteiger partial charge is 0.487 e. The molecule has 0 saturated heterocycles. The van der Waals surface area contributed by atoms with E-state index in [1.54, 1.807) is 11.3 Å². The van der Waals surface area contributed by atoms with Crippen molar-refractivity contribution in [1.29, 1.82) is 0 Å². The summed E-state index contributed by atoms with van der Waals surface area (Å²) in [6.07, 6.45) is 1.04. The Bertz CT molecular complexity index is 662. The van der Waals surface area contributed by atoms with Crippen LogP contribution in [0.15, 0.2) is 39.5 Å². The summed E-state index contributed by atoms with van der Waals surface area (Å²) in [4.78, 5) is 0. The Morgan fingerprint density at radius 2 is 1.70 bits per heavy atom. The van der Waals surface area contributed by atoms with E-state index in [1.807, 2.05) is 35.0 Å². The van der Waals surface area contributed by atoms with Crippen molar-refractivity contribution in [2.75, 3.05) is 6.26 Å². The maximum absolute atomic E-state index is 10.9. The molecule has 0 spiro atoms. The number of hydrogen-bond donors (Lipinski definition) is 0. The van der Waals surface area contributed by atoms with Gasteiger partial charge in [-0.3, -0.25) is 4.18 Å². The SMILES string of the molecule is CS(=O)(=O)OCc1ccc(COc2cscc2Br)cc1. The molecule has 1 aromatic carbocycles. The van der Waals surface area contributed by atoms with E-state index in [0.717, 1.165) is 27.6 Å². The van der Waals surface area contributed by atoms with Crippen LogP contribution in [-0.2, 0) is 27.5 Å². The molecule has 1 aromatic heterocycles. The summed E-state index contributed by atoms with van der Waals surface area (Å²) in [6.45, 7) is 0.512. The second-order valence-corrected chi connectivity index (χ2v) is 7.40. The Balaban J connectivity index is 1.90. The van der Waals surface area contributed by atoms with Crippen LogP contribution in [0.5, 0.6) is 5.75 Å². The number of thiophene rings is 1. The summed E-state index contributed by atoms with van der Waals surface area (Å²) >= 11 is 4.97. The molecular formula is C13H13BrO4S2. The van der Waals surface area contributed by atoms with Crippen molar-refractivity contribution < 1.29 is 17.3 Å². The van der Waals surface area contributed by atoms with Crippen LogP contribution in [0.3, 0.4) is 0 Å². The van der Waals surface area contributed by atoms with Crippen molar-refractivity contribution in [3.05, 3.63) is 50.6 Å². The monoisotopic (exact) mass is 376 g/mol. The molecule has 0 aliphatic carbocycles. The molecule has 0 aliphatic heterocycles. The predicted octanol–water partition coefficient (Wildman–Crippen LogP) is 3.57. The molecule has 0 aliphatic rings. The fraction of sp³-hybridized carbons (Fsp3) is 0.231. The average Bonchev–Trinajstić information content (AvgIpc) is 2.80. The van der Waals surface area contributed by atoms with Gasteiger partial charge in [-0.2, -0.15) is 8.42 Å². The van der Waals surface area contributed by atoms with E-state index in [1.165, 1.54) is 0 Å². The molecule has 0 fully saturated rings. The van der Waals surface area contributed by atoms with E-state index >= 15 is 0 Å². The molecule has 20 heavy (non-hydrogen) atoms. The van der Waals surface area contributed by atoms with E-state index in [4.69, 9.17) is 8.92 Å². The third-order valence-electron chi connectivity index (χ3n) is 2.44. The average molecular weight is 377 g/mol. The van der Waals surface area contributed by atoms with Gasteiger partial charge < -0.3 is 4.74 Å². The molecule has 0 amide bonds. The molecule has 1 heterocycles. The van der Waals surface area contributed by atoms with Gasteiger partial charge in [0.25, 0.3) is 10.1 Å². The Kier molecular flexibility index (Phi) is 5.20. The second-order valence-electron chi connectivity index (χ2n) is 4.16. The molecule has 108 valence electrons. The molecule has 4 nitrogen and oxygen atoms in total. The van der Waals surface area contributed by atoms with Crippen molar-refractivity contribution in [1.82, 2.24) is 0 Å². The second kappa shape index (κ2) is 6.71. The van der Waals surface area contributed by atoms with Crippen molar-refractivity contribution in [3.8, 4) is 5.75 Å². The van der Waals surface area contributed by atoms with Gasteiger partial charge in [-0.05, 0) is 27.1 Å². The highest BCUT2D eigenvalue weighted by molar-refractivity contribution is 9.10. The van der Waals surface area contributed by atoms with E-state index in [0.29, 0.717) is 6.61 Å². The zero-order chi connectivity index (χ0) is 14.6. The first-order valence-corrected chi connectivity index (χ1v) is 9.26. The van der Waals surface area contributed by atoms with Gasteiger partial charge in [-0.1, -0.05) is 24.3 Å². The number of rotatable bonds is 6. The third-order valence-corrected chi connectivity index (χ3v) is 4.63. The Labute approximate surface area is 130 Å². The maximum atomic E-state index is 10.9. The van der Waals surface area contributed by atoms with Crippen LogP contribution in [0, 0.1) is 0 Å². The molecular weight excluding hydrogens is 364 g/mol. The first-order valence-electron chi connectivity index (χ1n) is 5.71. The van der Waals surface area contributed by atoms with Crippen molar-refractivity contribution in [2.24, 2.45) is 0 Å². The normalized spacial score (nSPS) is 11.5. The standard InChI is InChI=1S/C13H13BrO4S2/c1-20(15,16)18-7-11-4-2-10(3-5-11)6-17-13-9-19-8-12(13)14/h2-5,8-9H,6-7H2,1H3. The summed E-state index contributed by atoms with van der Waals surface area (Å²) < 4.78 is 33.1. The predicted molar refractivity (Wildman–Crippen MR) is 82.4 cm³/mol. The summed E-state index contributed by atoms with van der Waals surface area (Å²) in [5.74, 6) is 0.819. The van der Waals surface area contributed by atoms with Crippen LogP contribution < -0.4 is 4.74 Å². The van der Waals surface area contributed by atoms with Gasteiger partial charge in [-0.25, -0.2) is 0 Å². The van der Waals surface area contributed by atoms with E-state index in [9.17, 15) is 8.42 Å². The zero-order valence-electron chi connectivity index (χ0n) is 10.7. The lowest BCUT2D eigenvalue weighted by atomic mass is 10.1. The number of halogens is 1. The lowest BCUT2D eigenvalue weighted by Crippen LogP contribution is -2.02. The van der Waals surface area contributed by atoms with Gasteiger partial charge in [0.05, 0.1) is 17.3 Å². The molecule has 7 heteroatoms. The molecule has 2 rings (SSSR count). The van der Waals surface area contributed by atoms with Gasteiger partial charge in [0.2, 0.25) is 0 Å². The summed E-state index contributed by atoms with van der Waals surface area (Å²) in [6, 6.07) is 7.43. The van der Waals surface area contributed by atoms with Gasteiger partial charge in [0.15, 0.2) is 0 Å². The molecule has 0 unspecified atom stereocenters. The zero-order valence-corrected chi connectivity index (χ0v) is 13.9. The Morgan fingerprint density at radius 1 is 1.10 bits per heavy atom. The molecule has 0 saturated carbocycles. The van der Waals surface area contributed by atoms with Gasteiger partial charge >= 0.3 is 0 Å². The molecule has 0 bridgehead atoms. The smallest absolute Gasteiger partial charge is 0.264 e. The first-order chi connectivity index (χ1) is 9.44. The first kappa shape index (κ1) is 15.5. The quantitative estimate of drug-likeness (QED) is 0.723. The molecule has 0 radical (unpaired) electrons. The fourth-order valence-corrected chi connectivity index (χ4v) is 3.12. The molecule has 0 N–H and O–H groups in total. The summed E-state index contributed by atoms with van der Waals surface area (Å²) in [5, 5.41) is 3.89. The number of hydrogen-bond acceptors (Lipinski definition) is 5. The van der Waals surface area contributed by atoms with Gasteiger partial charge in [0.1, 0.15) is 12.4 Å². The van der Waals surface area contributed by atoms with Crippen molar-refractivity contribution in [2.45, 2.75) is 13.2 Å². The van der Waals surface area contributed by atoms with Gasteiger partial charge in [0, 0.05) is 10.8 Å². The van der Waals surface area contributed by atoms with Crippen molar-refractivity contribution in [3.63, 3.8) is 0 Å². The van der Waals surface area contributed by atoms with Crippen LogP contribution in [-0.4, -0.2) is 14.7 Å². The fourth-order valence-electron chi connectivity index (χ4n) is 1.44. The number of benzene rings is 1. The highest BCUT2D eigenvalue weighted by atomic mass is 79.9.